The van der Waals surface area contributed by atoms with Crippen LogP contribution in [0.2, 0.25) is 0 Å². The van der Waals surface area contributed by atoms with Gasteiger partial charge in [-0.1, -0.05) is 36.4 Å². The van der Waals surface area contributed by atoms with Crippen molar-refractivity contribution >= 4 is 0 Å². The summed E-state index contributed by atoms with van der Waals surface area (Å²) in [4.78, 5) is 0. The molecule has 100 valence electrons. The van der Waals surface area contributed by atoms with E-state index in [9.17, 15) is 0 Å². The van der Waals surface area contributed by atoms with Gasteiger partial charge in [-0.25, -0.2) is 0 Å². The van der Waals surface area contributed by atoms with Crippen LogP contribution in [0, 0.1) is 0 Å². The van der Waals surface area contributed by atoms with Crippen LogP contribution in [-0.2, 0) is 12.0 Å². The Morgan fingerprint density at radius 2 is 2.21 bits per heavy atom. The number of fused-ring (bicyclic) bond motifs is 1. The van der Waals surface area contributed by atoms with Gasteiger partial charge >= 0.3 is 0 Å². The van der Waals surface area contributed by atoms with Crippen molar-refractivity contribution in [3.63, 3.8) is 0 Å². The molecule has 0 saturated carbocycles. The van der Waals surface area contributed by atoms with E-state index in [4.69, 9.17) is 4.74 Å². The molecular formula is C17H21NO. The van der Waals surface area contributed by atoms with E-state index in [0.29, 0.717) is 0 Å². The van der Waals surface area contributed by atoms with Crippen molar-refractivity contribution in [2.45, 2.75) is 18.4 Å². The SMILES string of the molecule is C=CCNC1(CC=C)C=CCc2cccc(OC)c21. The molecule has 1 aromatic carbocycles. The first-order valence-electron chi connectivity index (χ1n) is 6.58. The van der Waals surface area contributed by atoms with Gasteiger partial charge < -0.3 is 10.1 Å². The molecule has 0 aromatic heterocycles. The van der Waals surface area contributed by atoms with Gasteiger partial charge in [0.05, 0.1) is 12.6 Å². The van der Waals surface area contributed by atoms with Crippen LogP contribution in [0.25, 0.3) is 0 Å². The van der Waals surface area contributed by atoms with Gasteiger partial charge in [0.15, 0.2) is 0 Å². The number of rotatable bonds is 6. The van der Waals surface area contributed by atoms with Gasteiger partial charge in [-0.05, 0) is 24.5 Å². The highest BCUT2D eigenvalue weighted by Crippen LogP contribution is 2.40. The minimum absolute atomic E-state index is 0.240. The zero-order chi connectivity index (χ0) is 13.7. The molecule has 0 heterocycles. The molecule has 1 atom stereocenters. The number of nitrogens with one attached hydrogen (secondary N) is 1. The predicted molar refractivity (Wildman–Crippen MR) is 80.5 cm³/mol. The molecule has 19 heavy (non-hydrogen) atoms. The summed E-state index contributed by atoms with van der Waals surface area (Å²) in [6, 6.07) is 6.23. The molecule has 0 aliphatic heterocycles. The molecule has 2 rings (SSSR count). The fraction of sp³-hybridized carbons (Fsp3) is 0.294. The standard InChI is InChI=1S/C17H21NO/c1-4-11-17(18-13-5-2)12-7-9-14-8-6-10-15(19-3)16(14)17/h4-8,10,12,18H,1-2,9,11,13H2,3H3. The molecule has 0 saturated heterocycles. The monoisotopic (exact) mass is 255 g/mol. The van der Waals surface area contributed by atoms with E-state index in [1.165, 1.54) is 11.1 Å². The van der Waals surface area contributed by atoms with Crippen molar-refractivity contribution in [2.24, 2.45) is 0 Å². The molecule has 1 N–H and O–H groups in total. The maximum absolute atomic E-state index is 5.56. The Labute approximate surface area is 115 Å². The van der Waals surface area contributed by atoms with Gasteiger partial charge in [-0.2, -0.15) is 0 Å². The minimum Gasteiger partial charge on any atom is -0.496 e. The fourth-order valence-corrected chi connectivity index (χ4v) is 2.77. The lowest BCUT2D eigenvalue weighted by molar-refractivity contribution is 0.371. The molecule has 1 aliphatic carbocycles. The van der Waals surface area contributed by atoms with Crippen LogP contribution in [0.3, 0.4) is 0 Å². The first-order valence-corrected chi connectivity index (χ1v) is 6.58. The summed E-state index contributed by atoms with van der Waals surface area (Å²) in [5.74, 6) is 0.931. The molecule has 0 radical (unpaired) electrons. The highest BCUT2D eigenvalue weighted by atomic mass is 16.5. The maximum atomic E-state index is 5.56. The van der Waals surface area contributed by atoms with E-state index < -0.39 is 0 Å². The average Bonchev–Trinajstić information content (AvgIpc) is 2.45. The number of hydrogen-bond acceptors (Lipinski definition) is 2. The number of hydrogen-bond donors (Lipinski definition) is 1. The molecule has 0 fully saturated rings. The lowest BCUT2D eigenvalue weighted by atomic mass is 9.78. The Morgan fingerprint density at radius 3 is 2.89 bits per heavy atom. The highest BCUT2D eigenvalue weighted by Gasteiger charge is 2.34. The third-order valence-electron chi connectivity index (χ3n) is 3.55. The summed E-state index contributed by atoms with van der Waals surface area (Å²) in [5.41, 5.74) is 2.29. The molecule has 1 aliphatic rings. The van der Waals surface area contributed by atoms with Crippen LogP contribution in [-0.4, -0.2) is 13.7 Å². The van der Waals surface area contributed by atoms with E-state index in [1.54, 1.807) is 7.11 Å². The molecule has 1 aromatic rings. The molecule has 2 heteroatoms. The third kappa shape index (κ3) is 2.49. The summed E-state index contributed by atoms with van der Waals surface area (Å²) >= 11 is 0. The van der Waals surface area contributed by atoms with E-state index in [0.717, 1.165) is 25.1 Å². The second kappa shape index (κ2) is 5.89. The second-order valence-corrected chi connectivity index (χ2v) is 4.73. The summed E-state index contributed by atoms with van der Waals surface area (Å²) in [6.45, 7) is 8.43. The summed E-state index contributed by atoms with van der Waals surface area (Å²) < 4.78 is 5.56. The smallest absolute Gasteiger partial charge is 0.124 e. The van der Waals surface area contributed by atoms with Gasteiger partial charge in [-0.15, -0.1) is 13.2 Å². The van der Waals surface area contributed by atoms with Crippen LogP contribution in [0.1, 0.15) is 17.5 Å². The maximum Gasteiger partial charge on any atom is 0.124 e. The first-order chi connectivity index (χ1) is 9.27. The van der Waals surface area contributed by atoms with E-state index >= 15 is 0 Å². The molecule has 1 unspecified atom stereocenters. The van der Waals surface area contributed by atoms with Gasteiger partial charge in [-0.3, -0.25) is 0 Å². The molecule has 0 spiro atoms. The predicted octanol–water partition coefficient (Wildman–Crippen LogP) is 3.35. The summed E-state index contributed by atoms with van der Waals surface area (Å²) in [6.07, 6.45) is 10.0. The van der Waals surface area contributed by atoms with Crippen molar-refractivity contribution < 1.29 is 4.74 Å². The van der Waals surface area contributed by atoms with Crippen LogP contribution in [0.15, 0.2) is 55.7 Å². The van der Waals surface area contributed by atoms with Crippen LogP contribution in [0.4, 0.5) is 0 Å². The van der Waals surface area contributed by atoms with Gasteiger partial charge in [0, 0.05) is 12.1 Å². The normalized spacial score (nSPS) is 20.7. The fourth-order valence-electron chi connectivity index (χ4n) is 2.77. The van der Waals surface area contributed by atoms with Crippen molar-refractivity contribution in [3.8, 4) is 5.75 Å². The molecule has 0 bridgehead atoms. The number of methoxy groups -OCH3 is 1. The zero-order valence-corrected chi connectivity index (χ0v) is 11.5. The average molecular weight is 255 g/mol. The lowest BCUT2D eigenvalue weighted by Crippen LogP contribution is -2.42. The first kappa shape index (κ1) is 13.6. The van der Waals surface area contributed by atoms with Crippen molar-refractivity contribution in [3.05, 3.63) is 66.8 Å². The third-order valence-corrected chi connectivity index (χ3v) is 3.55. The molecule has 0 amide bonds. The van der Waals surface area contributed by atoms with Crippen molar-refractivity contribution in [1.29, 1.82) is 0 Å². The Morgan fingerprint density at radius 1 is 1.37 bits per heavy atom. The van der Waals surface area contributed by atoms with E-state index in [2.05, 4.69) is 36.7 Å². The highest BCUT2D eigenvalue weighted by molar-refractivity contribution is 5.51. The Hall–Kier alpha value is -1.80. The van der Waals surface area contributed by atoms with E-state index in [-0.39, 0.29) is 5.54 Å². The second-order valence-electron chi connectivity index (χ2n) is 4.73. The van der Waals surface area contributed by atoms with Gasteiger partial charge in [0.1, 0.15) is 5.75 Å². The van der Waals surface area contributed by atoms with Gasteiger partial charge in [0.2, 0.25) is 0 Å². The van der Waals surface area contributed by atoms with E-state index in [1.807, 2.05) is 24.3 Å². The summed E-state index contributed by atoms with van der Waals surface area (Å²) in [7, 11) is 1.72. The topological polar surface area (TPSA) is 21.3 Å². The zero-order valence-electron chi connectivity index (χ0n) is 11.5. The molecule has 2 nitrogen and oxygen atoms in total. The molecular weight excluding hydrogens is 234 g/mol. The van der Waals surface area contributed by atoms with Gasteiger partial charge in [0.25, 0.3) is 0 Å². The van der Waals surface area contributed by atoms with Crippen molar-refractivity contribution in [2.75, 3.05) is 13.7 Å². The van der Waals surface area contributed by atoms with Crippen LogP contribution in [0.5, 0.6) is 5.75 Å². The number of allylic oxidation sites excluding steroid dienone is 1. The van der Waals surface area contributed by atoms with Crippen LogP contribution < -0.4 is 10.1 Å². The lowest BCUT2D eigenvalue weighted by Gasteiger charge is -2.36. The van der Waals surface area contributed by atoms with Crippen LogP contribution >= 0.6 is 0 Å². The summed E-state index contributed by atoms with van der Waals surface area (Å²) in [5, 5.41) is 3.56. The Kier molecular flexibility index (Phi) is 4.23. The van der Waals surface area contributed by atoms with Crippen molar-refractivity contribution in [1.82, 2.24) is 5.32 Å². The Bertz CT molecular complexity index is 504. The largest absolute Gasteiger partial charge is 0.496 e. The quantitative estimate of drug-likeness (QED) is 0.787. The number of ether oxygens (including phenoxy) is 1. The Balaban J connectivity index is 2.55. The number of benzene rings is 1. The minimum atomic E-state index is -0.240.